The van der Waals surface area contributed by atoms with Crippen LogP contribution in [-0.2, 0) is 9.53 Å². The molecular formula is C10H19N3O3. The van der Waals surface area contributed by atoms with Crippen LogP contribution >= 0.6 is 0 Å². The molecule has 0 aromatic carbocycles. The molecule has 0 unspecified atom stereocenters. The summed E-state index contributed by atoms with van der Waals surface area (Å²) < 4.78 is 4.91. The molecule has 1 fully saturated rings. The number of carbonyl (C=O) groups is 2. The lowest BCUT2D eigenvalue weighted by Gasteiger charge is -2.33. The van der Waals surface area contributed by atoms with Crippen molar-refractivity contribution in [3.63, 3.8) is 0 Å². The fourth-order valence-electron chi connectivity index (χ4n) is 1.59. The smallest absolute Gasteiger partial charge is 0.409 e. The summed E-state index contributed by atoms with van der Waals surface area (Å²) in [5.74, 6) is 0.00425. The summed E-state index contributed by atoms with van der Waals surface area (Å²) >= 11 is 0. The Bertz CT molecular complexity index is 250. The zero-order valence-electron chi connectivity index (χ0n) is 9.86. The van der Waals surface area contributed by atoms with Crippen molar-refractivity contribution in [3.8, 4) is 0 Å². The summed E-state index contributed by atoms with van der Waals surface area (Å²) in [6.45, 7) is 5.26. The zero-order chi connectivity index (χ0) is 12.0. The number of carbonyl (C=O) groups excluding carboxylic acids is 2. The van der Waals surface area contributed by atoms with Crippen LogP contribution in [0.5, 0.6) is 0 Å². The molecule has 1 heterocycles. The van der Waals surface area contributed by atoms with Crippen molar-refractivity contribution < 1.29 is 14.3 Å². The SMILES string of the molecule is CCOC(=O)N1CCN(CC(=O)NC)CC1. The lowest BCUT2D eigenvalue weighted by molar-refractivity contribution is -0.122. The standard InChI is InChI=1S/C10H19N3O3/c1-3-16-10(15)13-6-4-12(5-7-13)8-9(14)11-2/h3-8H2,1-2H3,(H,11,14). The highest BCUT2D eigenvalue weighted by molar-refractivity contribution is 5.77. The summed E-state index contributed by atoms with van der Waals surface area (Å²) in [6, 6.07) is 0. The number of nitrogens with one attached hydrogen (secondary N) is 1. The molecule has 0 saturated carbocycles. The number of hydrogen-bond donors (Lipinski definition) is 1. The molecule has 1 aliphatic heterocycles. The van der Waals surface area contributed by atoms with Gasteiger partial charge in [-0.15, -0.1) is 0 Å². The summed E-state index contributed by atoms with van der Waals surface area (Å²) in [5, 5.41) is 2.58. The number of hydrogen-bond acceptors (Lipinski definition) is 4. The summed E-state index contributed by atoms with van der Waals surface area (Å²) in [4.78, 5) is 26.2. The minimum absolute atomic E-state index is 0.00425. The van der Waals surface area contributed by atoms with E-state index in [0.717, 1.165) is 0 Å². The van der Waals surface area contributed by atoms with Gasteiger partial charge in [0.1, 0.15) is 0 Å². The van der Waals surface area contributed by atoms with E-state index in [9.17, 15) is 9.59 Å². The molecule has 2 amide bonds. The fourth-order valence-corrected chi connectivity index (χ4v) is 1.59. The third-order valence-electron chi connectivity index (χ3n) is 2.54. The molecule has 0 radical (unpaired) electrons. The second kappa shape index (κ2) is 6.32. The Morgan fingerprint density at radius 2 is 1.88 bits per heavy atom. The number of amides is 2. The Hall–Kier alpha value is -1.30. The minimum Gasteiger partial charge on any atom is -0.450 e. The van der Waals surface area contributed by atoms with Crippen LogP contribution in [0.2, 0.25) is 0 Å². The normalized spacial score (nSPS) is 17.0. The molecule has 0 atom stereocenters. The molecule has 16 heavy (non-hydrogen) atoms. The van der Waals surface area contributed by atoms with Crippen LogP contribution in [0.3, 0.4) is 0 Å². The van der Waals surface area contributed by atoms with Gasteiger partial charge in [-0.2, -0.15) is 0 Å². The Morgan fingerprint density at radius 3 is 2.38 bits per heavy atom. The molecule has 0 spiro atoms. The van der Waals surface area contributed by atoms with Gasteiger partial charge in [0.25, 0.3) is 0 Å². The monoisotopic (exact) mass is 229 g/mol. The van der Waals surface area contributed by atoms with Gasteiger partial charge < -0.3 is 15.0 Å². The van der Waals surface area contributed by atoms with Crippen LogP contribution in [0.15, 0.2) is 0 Å². The van der Waals surface area contributed by atoms with Crippen LogP contribution in [-0.4, -0.2) is 68.2 Å². The molecule has 6 heteroatoms. The number of likely N-dealkylation sites (N-methyl/N-ethyl adjacent to an activating group) is 1. The molecule has 1 aliphatic rings. The first kappa shape index (κ1) is 12.8. The van der Waals surface area contributed by atoms with Crippen molar-refractivity contribution in [2.75, 3.05) is 46.4 Å². The predicted molar refractivity (Wildman–Crippen MR) is 59.1 cm³/mol. The Morgan fingerprint density at radius 1 is 1.25 bits per heavy atom. The van der Waals surface area contributed by atoms with Crippen LogP contribution < -0.4 is 5.32 Å². The Kier molecular flexibility index (Phi) is 5.04. The van der Waals surface area contributed by atoms with Crippen LogP contribution in [0.4, 0.5) is 4.79 Å². The van der Waals surface area contributed by atoms with Crippen LogP contribution in [0.25, 0.3) is 0 Å². The van der Waals surface area contributed by atoms with Crippen molar-refractivity contribution in [2.24, 2.45) is 0 Å². The van der Waals surface area contributed by atoms with E-state index in [-0.39, 0.29) is 12.0 Å². The molecule has 6 nitrogen and oxygen atoms in total. The predicted octanol–water partition coefficient (Wildman–Crippen LogP) is -0.493. The van der Waals surface area contributed by atoms with E-state index in [2.05, 4.69) is 5.32 Å². The molecule has 0 bridgehead atoms. The van der Waals surface area contributed by atoms with Gasteiger partial charge in [-0.25, -0.2) is 4.79 Å². The second-order valence-electron chi connectivity index (χ2n) is 3.64. The highest BCUT2D eigenvalue weighted by atomic mass is 16.6. The Balaban J connectivity index is 2.28. The van der Waals surface area contributed by atoms with Crippen molar-refractivity contribution in [2.45, 2.75) is 6.92 Å². The topological polar surface area (TPSA) is 61.9 Å². The van der Waals surface area contributed by atoms with Gasteiger partial charge in [-0.05, 0) is 6.92 Å². The van der Waals surface area contributed by atoms with E-state index in [0.29, 0.717) is 39.3 Å². The molecule has 0 aliphatic carbocycles. The summed E-state index contributed by atoms with van der Waals surface area (Å²) in [7, 11) is 1.62. The van der Waals surface area contributed by atoms with E-state index < -0.39 is 0 Å². The van der Waals surface area contributed by atoms with Gasteiger partial charge in [0.05, 0.1) is 13.2 Å². The first-order valence-corrected chi connectivity index (χ1v) is 5.52. The van der Waals surface area contributed by atoms with Crippen molar-refractivity contribution in [1.29, 1.82) is 0 Å². The van der Waals surface area contributed by atoms with Gasteiger partial charge in [0, 0.05) is 33.2 Å². The van der Waals surface area contributed by atoms with Gasteiger partial charge in [0.15, 0.2) is 0 Å². The Labute approximate surface area is 95.5 Å². The van der Waals surface area contributed by atoms with Gasteiger partial charge in [-0.1, -0.05) is 0 Å². The fraction of sp³-hybridized carbons (Fsp3) is 0.800. The van der Waals surface area contributed by atoms with Gasteiger partial charge in [0.2, 0.25) is 5.91 Å². The molecule has 1 rings (SSSR count). The van der Waals surface area contributed by atoms with Crippen molar-refractivity contribution >= 4 is 12.0 Å². The average Bonchev–Trinajstić information content (AvgIpc) is 2.30. The number of ether oxygens (including phenoxy) is 1. The molecular weight excluding hydrogens is 210 g/mol. The quantitative estimate of drug-likeness (QED) is 0.709. The first-order valence-electron chi connectivity index (χ1n) is 5.52. The van der Waals surface area contributed by atoms with Crippen LogP contribution in [0, 0.1) is 0 Å². The van der Waals surface area contributed by atoms with E-state index in [1.807, 2.05) is 4.90 Å². The molecule has 92 valence electrons. The maximum atomic E-state index is 11.4. The maximum Gasteiger partial charge on any atom is 0.409 e. The summed E-state index contributed by atoms with van der Waals surface area (Å²) in [5.41, 5.74) is 0. The van der Waals surface area contributed by atoms with E-state index in [4.69, 9.17) is 4.74 Å². The lowest BCUT2D eigenvalue weighted by Crippen LogP contribution is -2.51. The molecule has 1 saturated heterocycles. The van der Waals surface area contributed by atoms with Crippen molar-refractivity contribution in [3.05, 3.63) is 0 Å². The highest BCUT2D eigenvalue weighted by Crippen LogP contribution is 2.03. The highest BCUT2D eigenvalue weighted by Gasteiger charge is 2.22. The largest absolute Gasteiger partial charge is 0.450 e. The van der Waals surface area contributed by atoms with Gasteiger partial charge >= 0.3 is 6.09 Å². The zero-order valence-corrected chi connectivity index (χ0v) is 9.86. The van der Waals surface area contributed by atoms with Gasteiger partial charge in [-0.3, -0.25) is 9.69 Å². The van der Waals surface area contributed by atoms with E-state index >= 15 is 0 Å². The van der Waals surface area contributed by atoms with Crippen molar-refractivity contribution in [1.82, 2.24) is 15.1 Å². The number of nitrogens with zero attached hydrogens (tertiary/aromatic N) is 2. The summed E-state index contributed by atoms with van der Waals surface area (Å²) in [6.07, 6.45) is -0.262. The third-order valence-corrected chi connectivity index (χ3v) is 2.54. The number of piperazine rings is 1. The second-order valence-corrected chi connectivity index (χ2v) is 3.64. The first-order chi connectivity index (χ1) is 7.67. The third kappa shape index (κ3) is 3.69. The molecule has 0 aromatic rings. The van der Waals surface area contributed by atoms with E-state index in [1.54, 1.807) is 18.9 Å². The molecule has 0 aromatic heterocycles. The average molecular weight is 229 g/mol. The minimum atomic E-state index is -0.262. The molecule has 1 N–H and O–H groups in total. The van der Waals surface area contributed by atoms with Crippen LogP contribution in [0.1, 0.15) is 6.92 Å². The maximum absolute atomic E-state index is 11.4. The lowest BCUT2D eigenvalue weighted by atomic mass is 10.3. The number of rotatable bonds is 3. The van der Waals surface area contributed by atoms with E-state index in [1.165, 1.54) is 0 Å².